The zero-order chi connectivity index (χ0) is 17.7. The third kappa shape index (κ3) is 4.44. The van der Waals surface area contributed by atoms with Crippen LogP contribution in [0.2, 0.25) is 0 Å². The molecule has 1 aliphatic rings. The van der Waals surface area contributed by atoms with Crippen molar-refractivity contribution in [3.05, 3.63) is 35.9 Å². The maximum Gasteiger partial charge on any atom is 0.326 e. The minimum Gasteiger partial charge on any atom is -0.480 e. The van der Waals surface area contributed by atoms with Crippen LogP contribution in [0.5, 0.6) is 0 Å². The number of rotatable bonds is 6. The van der Waals surface area contributed by atoms with E-state index in [0.29, 0.717) is 24.9 Å². The molecule has 1 amide bonds. The molecule has 0 aromatic heterocycles. The molecule has 24 heavy (non-hydrogen) atoms. The molecule has 0 bridgehead atoms. The van der Waals surface area contributed by atoms with Crippen LogP contribution in [0.15, 0.2) is 30.3 Å². The van der Waals surface area contributed by atoms with Crippen LogP contribution < -0.4 is 0 Å². The van der Waals surface area contributed by atoms with Gasteiger partial charge in [0, 0.05) is 25.5 Å². The number of likely N-dealkylation sites (tertiary alicyclic amines) is 1. The summed E-state index contributed by atoms with van der Waals surface area (Å²) in [5.41, 5.74) is 0.431. The quantitative estimate of drug-likeness (QED) is 0.790. The predicted molar refractivity (Wildman–Crippen MR) is 89.8 cm³/mol. The van der Waals surface area contributed by atoms with Crippen LogP contribution in [0, 0.1) is 0 Å². The van der Waals surface area contributed by atoms with Crippen molar-refractivity contribution in [2.24, 2.45) is 0 Å². The van der Waals surface area contributed by atoms with E-state index >= 15 is 0 Å². The maximum absolute atomic E-state index is 12.6. The Hall–Kier alpha value is -2.15. The zero-order valence-corrected chi connectivity index (χ0v) is 14.1. The molecular formula is C17H19NO5S. The van der Waals surface area contributed by atoms with Gasteiger partial charge in [0.05, 0.1) is 5.25 Å². The minimum absolute atomic E-state index is 0.179. The minimum atomic E-state index is -1.04. The number of nitrogens with zero attached hydrogens (tertiary/aromatic N) is 1. The number of thioether (sulfide) groups is 1. The second kappa shape index (κ2) is 8.10. The van der Waals surface area contributed by atoms with E-state index in [-0.39, 0.29) is 17.3 Å². The second-order valence-electron chi connectivity index (χ2n) is 5.62. The predicted octanol–water partition coefficient (Wildman–Crippen LogP) is 1.98. The van der Waals surface area contributed by atoms with E-state index in [1.54, 1.807) is 30.3 Å². The lowest BCUT2D eigenvalue weighted by Gasteiger charge is -2.23. The van der Waals surface area contributed by atoms with Crippen molar-refractivity contribution in [1.82, 2.24) is 4.90 Å². The van der Waals surface area contributed by atoms with Crippen molar-refractivity contribution in [3.63, 3.8) is 0 Å². The highest BCUT2D eigenvalue weighted by Crippen LogP contribution is 2.25. The van der Waals surface area contributed by atoms with Crippen LogP contribution >= 0.6 is 11.8 Å². The Morgan fingerprint density at radius 3 is 2.50 bits per heavy atom. The van der Waals surface area contributed by atoms with Gasteiger partial charge in [-0.15, -0.1) is 0 Å². The fourth-order valence-electron chi connectivity index (χ4n) is 2.77. The van der Waals surface area contributed by atoms with Crippen molar-refractivity contribution in [2.45, 2.75) is 37.5 Å². The number of ketones is 1. The first-order valence-electron chi connectivity index (χ1n) is 7.69. The number of benzene rings is 1. The lowest BCUT2D eigenvalue weighted by atomic mass is 10.1. The Balaban J connectivity index is 2.14. The Labute approximate surface area is 144 Å². The van der Waals surface area contributed by atoms with Gasteiger partial charge in [-0.25, -0.2) is 4.79 Å². The maximum atomic E-state index is 12.6. The average Bonchev–Trinajstić information content (AvgIpc) is 3.04. The highest BCUT2D eigenvalue weighted by Gasteiger charge is 2.36. The van der Waals surface area contributed by atoms with E-state index in [0.717, 1.165) is 11.8 Å². The van der Waals surface area contributed by atoms with Crippen molar-refractivity contribution in [2.75, 3.05) is 6.54 Å². The van der Waals surface area contributed by atoms with Gasteiger partial charge in [0.2, 0.25) is 5.91 Å². The molecule has 1 unspecified atom stereocenters. The summed E-state index contributed by atoms with van der Waals surface area (Å²) >= 11 is 0.816. The van der Waals surface area contributed by atoms with E-state index in [9.17, 15) is 24.3 Å². The van der Waals surface area contributed by atoms with Crippen molar-refractivity contribution in [1.29, 1.82) is 0 Å². The van der Waals surface area contributed by atoms with Crippen LogP contribution in [-0.4, -0.2) is 50.6 Å². The third-order valence-corrected chi connectivity index (χ3v) is 4.87. The molecular weight excluding hydrogens is 330 g/mol. The first kappa shape index (κ1) is 18.2. The van der Waals surface area contributed by atoms with Crippen LogP contribution in [0.1, 0.15) is 36.5 Å². The first-order valence-corrected chi connectivity index (χ1v) is 8.57. The molecule has 0 saturated carbocycles. The number of carboxylic acids is 1. The van der Waals surface area contributed by atoms with Gasteiger partial charge >= 0.3 is 5.97 Å². The normalized spacial score (nSPS) is 18.2. The van der Waals surface area contributed by atoms with Crippen LogP contribution in [0.3, 0.4) is 0 Å². The van der Waals surface area contributed by atoms with Crippen molar-refractivity contribution >= 4 is 34.5 Å². The van der Waals surface area contributed by atoms with Crippen molar-refractivity contribution in [3.8, 4) is 0 Å². The van der Waals surface area contributed by atoms with E-state index < -0.39 is 23.2 Å². The molecule has 1 aromatic rings. The molecule has 1 aromatic carbocycles. The highest BCUT2D eigenvalue weighted by molar-refractivity contribution is 8.14. The molecule has 0 spiro atoms. The molecule has 128 valence electrons. The standard InChI is InChI=1S/C17H19NO5S/c1-11(19)24-14(16(21)12-6-3-2-4-7-12)10-15(20)18-9-5-8-13(18)17(22)23/h2-4,6-7,13-14H,5,8-10H2,1H3,(H,22,23)/t13-,14?/m0/s1. The monoisotopic (exact) mass is 349 g/mol. The summed E-state index contributed by atoms with van der Waals surface area (Å²) in [4.78, 5) is 49.0. The molecule has 1 aliphatic heterocycles. The number of Topliss-reactive ketones (excluding diaryl/α,β-unsaturated/α-hetero) is 1. The summed E-state index contributed by atoms with van der Waals surface area (Å²) in [6.45, 7) is 1.71. The lowest BCUT2D eigenvalue weighted by Crippen LogP contribution is -2.42. The number of carbonyl (C=O) groups excluding carboxylic acids is 3. The number of amides is 1. The molecule has 1 fully saturated rings. The average molecular weight is 349 g/mol. The van der Waals surface area contributed by atoms with E-state index in [1.165, 1.54) is 11.8 Å². The molecule has 1 N–H and O–H groups in total. The highest BCUT2D eigenvalue weighted by atomic mass is 32.2. The van der Waals surface area contributed by atoms with Gasteiger partial charge in [-0.1, -0.05) is 42.1 Å². The van der Waals surface area contributed by atoms with Gasteiger partial charge in [-0.3, -0.25) is 14.4 Å². The van der Waals surface area contributed by atoms with Crippen LogP contribution in [0.25, 0.3) is 0 Å². The molecule has 2 rings (SSSR count). The van der Waals surface area contributed by atoms with Gasteiger partial charge in [0.25, 0.3) is 0 Å². The fourth-order valence-corrected chi connectivity index (χ4v) is 3.64. The molecule has 0 radical (unpaired) electrons. The summed E-state index contributed by atoms with van der Waals surface area (Å²) < 4.78 is 0. The van der Waals surface area contributed by atoms with Gasteiger partial charge in [-0.2, -0.15) is 0 Å². The summed E-state index contributed by atoms with van der Waals surface area (Å²) in [5.74, 6) is -1.73. The lowest BCUT2D eigenvalue weighted by molar-refractivity contribution is -0.148. The fraction of sp³-hybridized carbons (Fsp3) is 0.412. The Kier molecular flexibility index (Phi) is 6.14. The number of hydrogen-bond acceptors (Lipinski definition) is 5. The molecule has 6 nitrogen and oxygen atoms in total. The van der Waals surface area contributed by atoms with E-state index in [1.807, 2.05) is 0 Å². The van der Waals surface area contributed by atoms with Crippen LogP contribution in [0.4, 0.5) is 0 Å². The molecule has 7 heteroatoms. The van der Waals surface area contributed by atoms with Gasteiger partial charge in [0.15, 0.2) is 10.9 Å². The molecule has 2 atom stereocenters. The number of carboxylic acid groups (broad SMARTS) is 1. The molecule has 1 saturated heterocycles. The first-order chi connectivity index (χ1) is 11.4. The molecule has 0 aliphatic carbocycles. The number of carbonyl (C=O) groups is 4. The van der Waals surface area contributed by atoms with Crippen molar-refractivity contribution < 1.29 is 24.3 Å². The largest absolute Gasteiger partial charge is 0.480 e. The Morgan fingerprint density at radius 1 is 1.25 bits per heavy atom. The smallest absolute Gasteiger partial charge is 0.326 e. The van der Waals surface area contributed by atoms with Gasteiger partial charge < -0.3 is 10.0 Å². The third-order valence-electron chi connectivity index (χ3n) is 3.88. The summed E-state index contributed by atoms with van der Waals surface area (Å²) in [6.07, 6.45) is 0.861. The Bertz CT molecular complexity index is 646. The summed E-state index contributed by atoms with van der Waals surface area (Å²) in [7, 11) is 0. The summed E-state index contributed by atoms with van der Waals surface area (Å²) in [5, 5.41) is 8.08. The van der Waals surface area contributed by atoms with Crippen LogP contribution in [-0.2, 0) is 14.4 Å². The number of hydrogen-bond donors (Lipinski definition) is 1. The van der Waals surface area contributed by atoms with Gasteiger partial charge in [-0.05, 0) is 12.8 Å². The summed E-state index contributed by atoms with van der Waals surface area (Å²) in [6, 6.07) is 7.63. The SMILES string of the molecule is CC(=O)SC(CC(=O)N1CCC[C@H]1C(=O)O)C(=O)c1ccccc1. The Morgan fingerprint density at radius 2 is 1.92 bits per heavy atom. The zero-order valence-electron chi connectivity index (χ0n) is 13.3. The van der Waals surface area contributed by atoms with Gasteiger partial charge in [0.1, 0.15) is 6.04 Å². The van der Waals surface area contributed by atoms with E-state index in [2.05, 4.69) is 0 Å². The second-order valence-corrected chi connectivity index (χ2v) is 7.00. The van der Waals surface area contributed by atoms with E-state index in [4.69, 9.17) is 0 Å². The molecule has 1 heterocycles. The topological polar surface area (TPSA) is 91.8 Å². The number of aliphatic carboxylic acids is 1.